The molecule has 2 nitrogen and oxygen atoms in total. The van der Waals surface area contributed by atoms with Crippen LogP contribution in [0.5, 0.6) is 0 Å². The van der Waals surface area contributed by atoms with Crippen molar-refractivity contribution >= 4 is 21.8 Å². The first-order chi connectivity index (χ1) is 8.61. The number of amides is 1. The maximum absolute atomic E-state index is 12.4. The van der Waals surface area contributed by atoms with Crippen molar-refractivity contribution in [3.63, 3.8) is 0 Å². The summed E-state index contributed by atoms with van der Waals surface area (Å²) in [5.41, 5.74) is 0. The van der Waals surface area contributed by atoms with Gasteiger partial charge in [-0.25, -0.2) is 0 Å². The average Bonchev–Trinajstić information content (AvgIpc) is 2.91. The van der Waals surface area contributed by atoms with Crippen LogP contribution in [-0.2, 0) is 4.79 Å². The lowest BCUT2D eigenvalue weighted by atomic mass is 9.86. The standard InChI is InChI=1S/C15H26BrNO/c1-11(2)17(7-3-6-16)15(18)10-14-9-12-4-5-13(14)8-12/h11-14H,3-10H2,1-2H3. The molecular weight excluding hydrogens is 290 g/mol. The topological polar surface area (TPSA) is 20.3 Å². The molecule has 0 spiro atoms. The third-order valence-electron chi connectivity index (χ3n) is 4.80. The molecule has 104 valence electrons. The van der Waals surface area contributed by atoms with Crippen molar-refractivity contribution in [3.05, 3.63) is 0 Å². The van der Waals surface area contributed by atoms with Crippen LogP contribution in [0.4, 0.5) is 0 Å². The van der Waals surface area contributed by atoms with Crippen molar-refractivity contribution in [2.45, 2.75) is 58.4 Å². The van der Waals surface area contributed by atoms with Gasteiger partial charge in [-0.05, 0) is 57.3 Å². The predicted molar refractivity (Wildman–Crippen MR) is 78.8 cm³/mol. The molecule has 0 aromatic rings. The number of carbonyl (C=O) groups excluding carboxylic acids is 1. The first-order valence-corrected chi connectivity index (χ1v) is 8.59. The average molecular weight is 316 g/mol. The predicted octanol–water partition coefficient (Wildman–Crippen LogP) is 3.83. The summed E-state index contributed by atoms with van der Waals surface area (Å²) in [5.74, 6) is 2.90. The molecule has 0 aliphatic heterocycles. The minimum Gasteiger partial charge on any atom is -0.340 e. The fraction of sp³-hybridized carbons (Fsp3) is 0.933. The zero-order chi connectivity index (χ0) is 13.1. The van der Waals surface area contributed by atoms with Gasteiger partial charge in [0, 0.05) is 24.3 Å². The van der Waals surface area contributed by atoms with Gasteiger partial charge in [0.1, 0.15) is 0 Å². The molecule has 0 aromatic carbocycles. The van der Waals surface area contributed by atoms with Crippen LogP contribution >= 0.6 is 15.9 Å². The van der Waals surface area contributed by atoms with Crippen molar-refractivity contribution in [2.24, 2.45) is 17.8 Å². The molecule has 1 amide bonds. The minimum atomic E-state index is 0.343. The Hall–Kier alpha value is -0.0500. The van der Waals surface area contributed by atoms with Crippen molar-refractivity contribution in [1.29, 1.82) is 0 Å². The fourth-order valence-electron chi connectivity index (χ4n) is 3.87. The Kier molecular flexibility index (Phi) is 5.11. The van der Waals surface area contributed by atoms with E-state index >= 15 is 0 Å². The zero-order valence-electron chi connectivity index (χ0n) is 11.7. The Balaban J connectivity index is 1.85. The summed E-state index contributed by atoms with van der Waals surface area (Å²) < 4.78 is 0. The van der Waals surface area contributed by atoms with E-state index in [1.807, 2.05) is 0 Å². The van der Waals surface area contributed by atoms with Gasteiger partial charge in [0.25, 0.3) is 0 Å². The molecule has 3 heteroatoms. The number of rotatable bonds is 6. The van der Waals surface area contributed by atoms with Crippen LogP contribution in [0.15, 0.2) is 0 Å². The van der Waals surface area contributed by atoms with Crippen LogP contribution in [0.25, 0.3) is 0 Å². The fourth-order valence-corrected chi connectivity index (χ4v) is 4.12. The Labute approximate surface area is 120 Å². The summed E-state index contributed by atoms with van der Waals surface area (Å²) in [6.07, 6.45) is 7.39. The number of hydrogen-bond acceptors (Lipinski definition) is 1. The van der Waals surface area contributed by atoms with E-state index < -0.39 is 0 Å². The molecule has 18 heavy (non-hydrogen) atoms. The Morgan fingerprint density at radius 1 is 1.33 bits per heavy atom. The van der Waals surface area contributed by atoms with Crippen molar-refractivity contribution < 1.29 is 4.79 Å². The molecule has 2 fully saturated rings. The molecule has 0 radical (unpaired) electrons. The van der Waals surface area contributed by atoms with E-state index in [4.69, 9.17) is 0 Å². The maximum atomic E-state index is 12.4. The van der Waals surface area contributed by atoms with Crippen LogP contribution in [0.1, 0.15) is 52.4 Å². The number of carbonyl (C=O) groups is 1. The summed E-state index contributed by atoms with van der Waals surface area (Å²) in [6, 6.07) is 0.343. The van der Waals surface area contributed by atoms with Gasteiger partial charge in [-0.1, -0.05) is 22.4 Å². The van der Waals surface area contributed by atoms with E-state index in [0.717, 1.165) is 36.6 Å². The number of nitrogens with zero attached hydrogens (tertiary/aromatic N) is 1. The third-order valence-corrected chi connectivity index (χ3v) is 5.36. The largest absolute Gasteiger partial charge is 0.340 e. The lowest BCUT2D eigenvalue weighted by molar-refractivity contribution is -0.134. The van der Waals surface area contributed by atoms with E-state index in [2.05, 4.69) is 34.7 Å². The van der Waals surface area contributed by atoms with Gasteiger partial charge in [-0.3, -0.25) is 4.79 Å². The number of hydrogen-bond donors (Lipinski definition) is 0. The highest BCUT2D eigenvalue weighted by molar-refractivity contribution is 9.09. The van der Waals surface area contributed by atoms with Gasteiger partial charge in [-0.15, -0.1) is 0 Å². The molecule has 0 saturated heterocycles. The summed E-state index contributed by atoms with van der Waals surface area (Å²) in [5, 5.41) is 0.984. The van der Waals surface area contributed by atoms with Crippen LogP contribution in [0.3, 0.4) is 0 Å². The molecule has 2 aliphatic carbocycles. The Bertz CT molecular complexity index is 292. The van der Waals surface area contributed by atoms with E-state index in [1.54, 1.807) is 0 Å². The Morgan fingerprint density at radius 3 is 2.61 bits per heavy atom. The first-order valence-electron chi connectivity index (χ1n) is 7.47. The minimum absolute atomic E-state index is 0.343. The second-order valence-corrected chi connectivity index (χ2v) is 7.16. The quantitative estimate of drug-likeness (QED) is 0.682. The number of halogens is 1. The SMILES string of the molecule is CC(C)N(CCCBr)C(=O)CC1CC2CCC1C2. The lowest BCUT2D eigenvalue weighted by Crippen LogP contribution is -2.39. The molecule has 0 aromatic heterocycles. The molecular formula is C15H26BrNO. The monoisotopic (exact) mass is 315 g/mol. The van der Waals surface area contributed by atoms with Crippen molar-refractivity contribution in [1.82, 2.24) is 4.90 Å². The van der Waals surface area contributed by atoms with Gasteiger partial charge in [0.2, 0.25) is 5.91 Å². The van der Waals surface area contributed by atoms with Gasteiger partial charge in [0.15, 0.2) is 0 Å². The summed E-state index contributed by atoms with van der Waals surface area (Å²) in [7, 11) is 0. The molecule has 3 atom stereocenters. The normalized spacial score (nSPS) is 30.1. The molecule has 2 bridgehead atoms. The van der Waals surface area contributed by atoms with E-state index in [0.29, 0.717) is 17.9 Å². The molecule has 2 saturated carbocycles. The lowest BCUT2D eigenvalue weighted by Gasteiger charge is -2.29. The van der Waals surface area contributed by atoms with E-state index in [1.165, 1.54) is 25.7 Å². The van der Waals surface area contributed by atoms with Gasteiger partial charge in [-0.2, -0.15) is 0 Å². The summed E-state index contributed by atoms with van der Waals surface area (Å²) in [6.45, 7) is 5.17. The van der Waals surface area contributed by atoms with E-state index in [9.17, 15) is 4.79 Å². The summed E-state index contributed by atoms with van der Waals surface area (Å²) in [4.78, 5) is 14.5. The second-order valence-electron chi connectivity index (χ2n) is 6.36. The molecule has 2 aliphatic rings. The molecule has 2 rings (SSSR count). The van der Waals surface area contributed by atoms with Gasteiger partial charge in [0.05, 0.1) is 0 Å². The maximum Gasteiger partial charge on any atom is 0.223 e. The van der Waals surface area contributed by atoms with Crippen LogP contribution in [0.2, 0.25) is 0 Å². The third kappa shape index (κ3) is 3.28. The summed E-state index contributed by atoms with van der Waals surface area (Å²) >= 11 is 3.45. The van der Waals surface area contributed by atoms with Crippen LogP contribution < -0.4 is 0 Å². The highest BCUT2D eigenvalue weighted by Gasteiger charge is 2.40. The van der Waals surface area contributed by atoms with E-state index in [-0.39, 0.29) is 0 Å². The molecule has 0 N–H and O–H groups in total. The molecule has 3 unspecified atom stereocenters. The second kappa shape index (κ2) is 6.40. The van der Waals surface area contributed by atoms with Crippen LogP contribution in [-0.4, -0.2) is 28.7 Å². The number of fused-ring (bicyclic) bond motifs is 2. The highest BCUT2D eigenvalue weighted by Crippen LogP contribution is 2.49. The van der Waals surface area contributed by atoms with Crippen LogP contribution in [0, 0.1) is 17.8 Å². The van der Waals surface area contributed by atoms with Crippen molar-refractivity contribution in [2.75, 3.05) is 11.9 Å². The van der Waals surface area contributed by atoms with Gasteiger partial charge < -0.3 is 4.90 Å². The van der Waals surface area contributed by atoms with Crippen molar-refractivity contribution in [3.8, 4) is 0 Å². The van der Waals surface area contributed by atoms with Gasteiger partial charge >= 0.3 is 0 Å². The highest BCUT2D eigenvalue weighted by atomic mass is 79.9. The molecule has 0 heterocycles. The number of alkyl halides is 1. The smallest absolute Gasteiger partial charge is 0.223 e. The first kappa shape index (κ1) is 14.4. The Morgan fingerprint density at radius 2 is 2.11 bits per heavy atom. The zero-order valence-corrected chi connectivity index (χ0v) is 13.3.